The van der Waals surface area contributed by atoms with Crippen LogP contribution in [0.25, 0.3) is 0 Å². The Morgan fingerprint density at radius 2 is 1.91 bits per heavy atom. The predicted octanol–water partition coefficient (Wildman–Crippen LogP) is 3.06. The number of benzene rings is 1. The topological polar surface area (TPSA) is 80.6 Å². The number of fused-ring (bicyclic) bond motifs is 1. The molecule has 0 saturated carbocycles. The van der Waals surface area contributed by atoms with E-state index in [-0.39, 0.29) is 5.54 Å². The van der Waals surface area contributed by atoms with Crippen LogP contribution in [-0.4, -0.2) is 71.7 Å². The molecule has 6 rings (SSSR count). The largest absolute Gasteiger partial charge is 0.380 e. The zero-order valence-electron chi connectivity index (χ0n) is 20.2. The fraction of sp³-hybridized carbons (Fsp3) is 0.577. The van der Waals surface area contributed by atoms with E-state index in [1.807, 2.05) is 6.20 Å². The molecule has 0 unspecified atom stereocenters. The summed E-state index contributed by atoms with van der Waals surface area (Å²) in [6.45, 7) is 9.67. The van der Waals surface area contributed by atoms with Gasteiger partial charge in [-0.2, -0.15) is 10.2 Å². The summed E-state index contributed by atoms with van der Waals surface area (Å²) in [5.41, 5.74) is 5.18. The number of likely N-dealkylation sites (tertiary alicyclic amines) is 1. The van der Waals surface area contributed by atoms with Crippen LogP contribution >= 0.6 is 0 Å². The predicted molar refractivity (Wildman–Crippen MR) is 131 cm³/mol. The van der Waals surface area contributed by atoms with Gasteiger partial charge in [-0.05, 0) is 63.2 Å². The number of hydrogen-bond acceptors (Lipinski definition) is 8. The fourth-order valence-corrected chi connectivity index (χ4v) is 6.10. The molecule has 3 saturated heterocycles. The van der Waals surface area contributed by atoms with Crippen molar-refractivity contribution in [3.05, 3.63) is 41.1 Å². The molecule has 34 heavy (non-hydrogen) atoms. The van der Waals surface area contributed by atoms with Crippen LogP contribution in [0.2, 0.25) is 0 Å². The number of aromatic nitrogens is 2. The highest BCUT2D eigenvalue weighted by Crippen LogP contribution is 2.43. The van der Waals surface area contributed by atoms with Crippen molar-refractivity contribution in [1.29, 1.82) is 5.26 Å². The molecule has 8 heteroatoms. The van der Waals surface area contributed by atoms with Crippen LogP contribution in [0.5, 0.6) is 0 Å². The van der Waals surface area contributed by atoms with Gasteiger partial charge in [0.1, 0.15) is 5.82 Å². The van der Waals surface area contributed by atoms with Crippen LogP contribution in [-0.2, 0) is 17.8 Å². The van der Waals surface area contributed by atoms with E-state index < -0.39 is 0 Å². The second-order valence-corrected chi connectivity index (χ2v) is 10.9. The SMILES string of the molecule is Cc1cnc(Nc2ccc3c(c2)CN(C)C3)nc1N1CC(CC#N)(N2CCC3(CC2)COC3)C1. The molecule has 1 aromatic carbocycles. The van der Waals surface area contributed by atoms with Crippen molar-refractivity contribution in [2.45, 2.75) is 44.8 Å². The van der Waals surface area contributed by atoms with E-state index in [1.54, 1.807) is 0 Å². The van der Waals surface area contributed by atoms with Crippen molar-refractivity contribution in [2.24, 2.45) is 5.41 Å². The van der Waals surface area contributed by atoms with E-state index in [1.165, 1.54) is 24.0 Å². The van der Waals surface area contributed by atoms with Crippen LogP contribution in [0.4, 0.5) is 17.5 Å². The Hall–Kier alpha value is -2.73. The summed E-state index contributed by atoms with van der Waals surface area (Å²) < 4.78 is 5.49. The number of nitrogens with one attached hydrogen (secondary N) is 1. The van der Waals surface area contributed by atoms with E-state index >= 15 is 0 Å². The zero-order valence-corrected chi connectivity index (χ0v) is 20.2. The molecule has 0 amide bonds. The summed E-state index contributed by atoms with van der Waals surface area (Å²) in [4.78, 5) is 16.6. The third-order valence-electron chi connectivity index (χ3n) is 8.28. The van der Waals surface area contributed by atoms with E-state index in [0.29, 0.717) is 17.8 Å². The Morgan fingerprint density at radius 3 is 2.62 bits per heavy atom. The monoisotopic (exact) mass is 459 g/mol. The third-order valence-corrected chi connectivity index (χ3v) is 8.28. The van der Waals surface area contributed by atoms with Gasteiger partial charge in [0.2, 0.25) is 5.95 Å². The number of ether oxygens (including phenoxy) is 1. The summed E-state index contributed by atoms with van der Waals surface area (Å²) >= 11 is 0. The number of aryl methyl sites for hydroxylation is 1. The molecule has 8 nitrogen and oxygen atoms in total. The molecule has 0 aliphatic carbocycles. The van der Waals surface area contributed by atoms with Crippen LogP contribution in [0.3, 0.4) is 0 Å². The molecule has 0 atom stereocenters. The van der Waals surface area contributed by atoms with Gasteiger partial charge in [-0.3, -0.25) is 9.80 Å². The lowest BCUT2D eigenvalue weighted by Gasteiger charge is -2.59. The Morgan fingerprint density at radius 1 is 1.15 bits per heavy atom. The van der Waals surface area contributed by atoms with Crippen molar-refractivity contribution >= 4 is 17.5 Å². The molecule has 1 N–H and O–H groups in total. The van der Waals surface area contributed by atoms with Crippen molar-refractivity contribution in [3.63, 3.8) is 0 Å². The minimum atomic E-state index is -0.0715. The number of rotatable bonds is 5. The van der Waals surface area contributed by atoms with Gasteiger partial charge in [0, 0.05) is 49.0 Å². The van der Waals surface area contributed by atoms with Crippen molar-refractivity contribution < 1.29 is 4.74 Å². The van der Waals surface area contributed by atoms with Gasteiger partial charge in [-0.1, -0.05) is 6.07 Å². The highest BCUT2D eigenvalue weighted by molar-refractivity contribution is 5.60. The molecule has 3 fully saturated rings. The van der Waals surface area contributed by atoms with Gasteiger partial charge in [0.05, 0.1) is 31.2 Å². The molecule has 2 aromatic rings. The van der Waals surface area contributed by atoms with Crippen molar-refractivity contribution in [2.75, 3.05) is 56.7 Å². The molecule has 4 aliphatic heterocycles. The maximum Gasteiger partial charge on any atom is 0.229 e. The van der Waals surface area contributed by atoms with Gasteiger partial charge in [0.15, 0.2) is 0 Å². The van der Waals surface area contributed by atoms with E-state index in [9.17, 15) is 5.26 Å². The number of hydrogen-bond donors (Lipinski definition) is 1. The van der Waals surface area contributed by atoms with Crippen molar-refractivity contribution in [1.82, 2.24) is 19.8 Å². The number of anilines is 3. The standard InChI is InChI=1S/C26H33N7O/c1-19-12-28-24(29-22-4-3-20-13-31(2)14-21(20)11-22)30-23(19)32-15-26(16-32,5-8-27)33-9-6-25(7-10-33)17-34-18-25/h3-4,11-12H,5-7,9-10,13-18H2,1-2H3,(H,28,29,30). The maximum absolute atomic E-state index is 9.61. The van der Waals surface area contributed by atoms with Crippen LogP contribution in [0, 0.1) is 23.7 Å². The lowest BCUT2D eigenvalue weighted by molar-refractivity contribution is -0.150. The first kappa shape index (κ1) is 21.8. The average molecular weight is 460 g/mol. The highest BCUT2D eigenvalue weighted by Gasteiger charge is 2.52. The lowest BCUT2D eigenvalue weighted by Crippen LogP contribution is -2.72. The molecule has 5 heterocycles. The molecule has 4 aliphatic rings. The van der Waals surface area contributed by atoms with E-state index in [0.717, 1.165) is 69.6 Å². The fourth-order valence-electron chi connectivity index (χ4n) is 6.10. The molecule has 0 radical (unpaired) electrons. The Bertz CT molecular complexity index is 1120. The third kappa shape index (κ3) is 3.72. The van der Waals surface area contributed by atoms with E-state index in [2.05, 4.69) is 63.2 Å². The minimum Gasteiger partial charge on any atom is -0.380 e. The number of nitrogens with zero attached hydrogens (tertiary/aromatic N) is 6. The first-order valence-corrected chi connectivity index (χ1v) is 12.3. The van der Waals surface area contributed by atoms with Crippen LogP contribution in [0.15, 0.2) is 24.4 Å². The van der Waals surface area contributed by atoms with Gasteiger partial charge >= 0.3 is 0 Å². The maximum atomic E-state index is 9.61. The quantitative estimate of drug-likeness (QED) is 0.731. The van der Waals surface area contributed by atoms with Gasteiger partial charge in [-0.15, -0.1) is 0 Å². The van der Waals surface area contributed by atoms with Crippen LogP contribution < -0.4 is 10.2 Å². The van der Waals surface area contributed by atoms with Gasteiger partial charge in [-0.25, -0.2) is 4.98 Å². The molecule has 0 bridgehead atoms. The number of nitriles is 1. The zero-order chi connectivity index (χ0) is 23.3. The molecule has 1 spiro atoms. The normalized spacial score (nSPS) is 23.1. The number of piperidine rings is 1. The van der Waals surface area contributed by atoms with Gasteiger partial charge in [0.25, 0.3) is 0 Å². The molecular formula is C26H33N7O. The summed E-state index contributed by atoms with van der Waals surface area (Å²) in [7, 11) is 2.14. The second kappa shape index (κ2) is 8.19. The Balaban J connectivity index is 1.15. The summed E-state index contributed by atoms with van der Waals surface area (Å²) in [6, 6.07) is 8.98. The molecule has 1 aromatic heterocycles. The smallest absolute Gasteiger partial charge is 0.229 e. The first-order chi connectivity index (χ1) is 16.5. The Kier molecular flexibility index (Phi) is 5.25. The molecular weight excluding hydrogens is 426 g/mol. The van der Waals surface area contributed by atoms with Gasteiger partial charge < -0.3 is 15.0 Å². The summed E-state index contributed by atoms with van der Waals surface area (Å²) in [5.74, 6) is 1.59. The summed E-state index contributed by atoms with van der Waals surface area (Å²) in [6.07, 6.45) is 4.82. The minimum absolute atomic E-state index is 0.0715. The lowest BCUT2D eigenvalue weighted by atomic mass is 9.74. The van der Waals surface area contributed by atoms with Crippen LogP contribution in [0.1, 0.15) is 36.0 Å². The average Bonchev–Trinajstić information content (AvgIpc) is 3.16. The second-order valence-electron chi connectivity index (χ2n) is 10.9. The van der Waals surface area contributed by atoms with Crippen molar-refractivity contribution in [3.8, 4) is 6.07 Å². The highest BCUT2D eigenvalue weighted by atomic mass is 16.5. The molecule has 178 valence electrons. The Labute approximate surface area is 201 Å². The van der Waals surface area contributed by atoms with E-state index in [4.69, 9.17) is 9.72 Å². The first-order valence-electron chi connectivity index (χ1n) is 12.3. The summed E-state index contributed by atoms with van der Waals surface area (Å²) in [5, 5.41) is 13.0.